The van der Waals surface area contributed by atoms with Crippen LogP contribution in [-0.4, -0.2) is 37.6 Å². The molecule has 0 aliphatic carbocycles. The van der Waals surface area contributed by atoms with Crippen molar-refractivity contribution in [1.29, 1.82) is 0 Å². The highest BCUT2D eigenvalue weighted by Gasteiger charge is 2.33. The van der Waals surface area contributed by atoms with Crippen molar-refractivity contribution in [2.75, 3.05) is 18.6 Å². The molecule has 1 aromatic carbocycles. The standard InChI is InChI=1S/C15H20N2O3/c1-10(8-9-20-3)17-13-7-5-4-6-12(13)14(18)16-11(2)15(17)19/h4-7,10-11H,8-9H2,1-3H3,(H,16,18). The third kappa shape index (κ3) is 2.67. The van der Waals surface area contributed by atoms with Gasteiger partial charge in [-0.05, 0) is 32.4 Å². The zero-order valence-corrected chi connectivity index (χ0v) is 12.1. The first-order valence-corrected chi connectivity index (χ1v) is 6.78. The highest BCUT2D eigenvalue weighted by molar-refractivity contribution is 6.11. The lowest BCUT2D eigenvalue weighted by molar-refractivity contribution is -0.120. The molecule has 0 saturated carbocycles. The van der Waals surface area contributed by atoms with E-state index in [1.165, 1.54) is 0 Å². The zero-order chi connectivity index (χ0) is 14.7. The second-order valence-electron chi connectivity index (χ2n) is 5.05. The van der Waals surface area contributed by atoms with Gasteiger partial charge in [0.2, 0.25) is 5.91 Å². The Balaban J connectivity index is 2.42. The van der Waals surface area contributed by atoms with Gasteiger partial charge in [-0.3, -0.25) is 9.59 Å². The third-order valence-corrected chi connectivity index (χ3v) is 3.54. The maximum Gasteiger partial charge on any atom is 0.254 e. The van der Waals surface area contributed by atoms with Gasteiger partial charge in [-0.15, -0.1) is 0 Å². The fraction of sp³-hybridized carbons (Fsp3) is 0.467. The van der Waals surface area contributed by atoms with Gasteiger partial charge < -0.3 is 15.0 Å². The number of benzene rings is 1. The van der Waals surface area contributed by atoms with Crippen molar-refractivity contribution < 1.29 is 14.3 Å². The Morgan fingerprint density at radius 2 is 2.05 bits per heavy atom. The molecule has 1 N–H and O–H groups in total. The van der Waals surface area contributed by atoms with Crippen molar-refractivity contribution >= 4 is 17.5 Å². The lowest BCUT2D eigenvalue weighted by atomic mass is 10.1. The Kier molecular flexibility index (Phi) is 4.39. The number of fused-ring (bicyclic) bond motifs is 1. The highest BCUT2D eigenvalue weighted by Crippen LogP contribution is 2.27. The molecule has 108 valence electrons. The molecule has 0 spiro atoms. The summed E-state index contributed by atoms with van der Waals surface area (Å²) in [6, 6.07) is 6.64. The molecule has 5 heteroatoms. The van der Waals surface area contributed by atoms with E-state index in [2.05, 4.69) is 5.32 Å². The van der Waals surface area contributed by atoms with Crippen LogP contribution in [0.1, 0.15) is 30.6 Å². The predicted octanol–water partition coefficient (Wildman–Crippen LogP) is 1.58. The Hall–Kier alpha value is -1.88. The topological polar surface area (TPSA) is 58.6 Å². The summed E-state index contributed by atoms with van der Waals surface area (Å²) in [7, 11) is 1.64. The Labute approximate surface area is 118 Å². The average Bonchev–Trinajstić information content (AvgIpc) is 2.53. The number of amides is 2. The van der Waals surface area contributed by atoms with Crippen LogP contribution < -0.4 is 10.2 Å². The van der Waals surface area contributed by atoms with Crippen LogP contribution in [0.5, 0.6) is 0 Å². The normalized spacial score (nSPS) is 20.1. The van der Waals surface area contributed by atoms with Crippen LogP contribution in [0.15, 0.2) is 24.3 Å². The van der Waals surface area contributed by atoms with Gasteiger partial charge in [0.1, 0.15) is 6.04 Å². The Morgan fingerprint density at radius 1 is 1.35 bits per heavy atom. The van der Waals surface area contributed by atoms with Crippen molar-refractivity contribution in [2.45, 2.75) is 32.4 Å². The molecule has 2 atom stereocenters. The number of nitrogens with one attached hydrogen (secondary N) is 1. The number of carbonyl (C=O) groups excluding carboxylic acids is 2. The van der Waals surface area contributed by atoms with Crippen molar-refractivity contribution in [3.05, 3.63) is 29.8 Å². The first-order chi connectivity index (χ1) is 9.56. The van der Waals surface area contributed by atoms with Gasteiger partial charge >= 0.3 is 0 Å². The highest BCUT2D eigenvalue weighted by atomic mass is 16.5. The smallest absolute Gasteiger partial charge is 0.254 e. The van der Waals surface area contributed by atoms with Crippen LogP contribution >= 0.6 is 0 Å². The summed E-state index contributed by atoms with van der Waals surface area (Å²) in [6.45, 7) is 4.25. The van der Waals surface area contributed by atoms with E-state index >= 15 is 0 Å². The molecule has 1 aromatic rings. The molecular weight excluding hydrogens is 256 g/mol. The monoisotopic (exact) mass is 276 g/mol. The molecule has 0 bridgehead atoms. The number of para-hydroxylation sites is 1. The number of anilines is 1. The summed E-state index contributed by atoms with van der Waals surface area (Å²) in [5, 5.41) is 2.73. The SMILES string of the molecule is COCCC(C)N1C(=O)C(C)NC(=O)c2ccccc21. The molecule has 1 aliphatic heterocycles. The Morgan fingerprint density at radius 3 is 2.75 bits per heavy atom. The van der Waals surface area contributed by atoms with Gasteiger partial charge in [0, 0.05) is 19.8 Å². The molecule has 5 nitrogen and oxygen atoms in total. The van der Waals surface area contributed by atoms with Gasteiger partial charge in [0.15, 0.2) is 0 Å². The van der Waals surface area contributed by atoms with Gasteiger partial charge in [0.05, 0.1) is 11.3 Å². The second kappa shape index (κ2) is 6.05. The fourth-order valence-electron chi connectivity index (χ4n) is 2.41. The Bertz CT molecular complexity index is 516. The number of methoxy groups -OCH3 is 1. The quantitative estimate of drug-likeness (QED) is 0.908. The first-order valence-electron chi connectivity index (χ1n) is 6.78. The van der Waals surface area contributed by atoms with Crippen LogP contribution in [0.4, 0.5) is 5.69 Å². The number of rotatable bonds is 4. The molecule has 1 heterocycles. The van der Waals surface area contributed by atoms with Crippen molar-refractivity contribution in [1.82, 2.24) is 5.32 Å². The van der Waals surface area contributed by atoms with E-state index in [0.717, 1.165) is 6.42 Å². The zero-order valence-electron chi connectivity index (χ0n) is 12.1. The molecule has 1 aliphatic rings. The largest absolute Gasteiger partial charge is 0.385 e. The van der Waals surface area contributed by atoms with Crippen LogP contribution in [0.25, 0.3) is 0 Å². The van der Waals surface area contributed by atoms with Crippen molar-refractivity contribution in [2.24, 2.45) is 0 Å². The van der Waals surface area contributed by atoms with Crippen LogP contribution in [0, 0.1) is 0 Å². The molecule has 2 amide bonds. The molecular formula is C15H20N2O3. The number of hydrogen-bond acceptors (Lipinski definition) is 3. The number of carbonyl (C=O) groups is 2. The number of ether oxygens (including phenoxy) is 1. The second-order valence-corrected chi connectivity index (χ2v) is 5.05. The molecule has 0 radical (unpaired) electrons. The summed E-state index contributed by atoms with van der Waals surface area (Å²) < 4.78 is 5.09. The molecule has 2 rings (SSSR count). The van der Waals surface area contributed by atoms with Crippen LogP contribution in [0.3, 0.4) is 0 Å². The van der Waals surface area contributed by atoms with Crippen molar-refractivity contribution in [3.63, 3.8) is 0 Å². The summed E-state index contributed by atoms with van der Waals surface area (Å²) in [4.78, 5) is 26.4. The van der Waals surface area contributed by atoms with Gasteiger partial charge in [-0.2, -0.15) is 0 Å². The van der Waals surface area contributed by atoms with E-state index in [9.17, 15) is 9.59 Å². The van der Waals surface area contributed by atoms with E-state index in [1.807, 2.05) is 19.1 Å². The maximum absolute atomic E-state index is 12.5. The predicted molar refractivity (Wildman–Crippen MR) is 76.8 cm³/mol. The molecule has 20 heavy (non-hydrogen) atoms. The van der Waals surface area contributed by atoms with E-state index in [1.54, 1.807) is 31.1 Å². The van der Waals surface area contributed by atoms with Gasteiger partial charge in [-0.1, -0.05) is 12.1 Å². The fourth-order valence-corrected chi connectivity index (χ4v) is 2.41. The molecule has 0 fully saturated rings. The third-order valence-electron chi connectivity index (χ3n) is 3.54. The van der Waals surface area contributed by atoms with Crippen molar-refractivity contribution in [3.8, 4) is 0 Å². The molecule has 2 unspecified atom stereocenters. The minimum atomic E-state index is -0.528. The van der Waals surface area contributed by atoms with E-state index in [0.29, 0.717) is 17.9 Å². The maximum atomic E-state index is 12.5. The summed E-state index contributed by atoms with van der Waals surface area (Å²) in [5.74, 6) is -0.296. The molecule has 0 aromatic heterocycles. The first kappa shape index (κ1) is 14.5. The minimum Gasteiger partial charge on any atom is -0.385 e. The summed E-state index contributed by atoms with van der Waals surface area (Å²) >= 11 is 0. The number of hydrogen-bond donors (Lipinski definition) is 1. The van der Waals surface area contributed by atoms with Crippen LogP contribution in [0.2, 0.25) is 0 Å². The summed E-state index contributed by atoms with van der Waals surface area (Å²) in [6.07, 6.45) is 0.720. The minimum absolute atomic E-state index is 0.0289. The van der Waals surface area contributed by atoms with E-state index in [4.69, 9.17) is 4.74 Å². The number of nitrogens with zero attached hydrogens (tertiary/aromatic N) is 1. The lowest BCUT2D eigenvalue weighted by Gasteiger charge is -2.30. The van der Waals surface area contributed by atoms with Crippen LogP contribution in [-0.2, 0) is 9.53 Å². The summed E-state index contributed by atoms with van der Waals surface area (Å²) in [5.41, 5.74) is 1.21. The lowest BCUT2D eigenvalue weighted by Crippen LogP contribution is -2.47. The van der Waals surface area contributed by atoms with E-state index < -0.39 is 6.04 Å². The van der Waals surface area contributed by atoms with Gasteiger partial charge in [0.25, 0.3) is 5.91 Å². The van der Waals surface area contributed by atoms with E-state index in [-0.39, 0.29) is 17.9 Å². The van der Waals surface area contributed by atoms with Gasteiger partial charge in [-0.25, -0.2) is 0 Å². The average molecular weight is 276 g/mol. The molecule has 0 saturated heterocycles.